The number of anilines is 1. The van der Waals surface area contributed by atoms with Crippen LogP contribution in [0.5, 0.6) is 0 Å². The minimum absolute atomic E-state index is 0.0510. The molecule has 140 valence electrons. The first kappa shape index (κ1) is 18.7. The maximum absolute atomic E-state index is 13.4. The Bertz CT molecular complexity index is 923. The van der Waals surface area contributed by atoms with Gasteiger partial charge in [0.05, 0.1) is 6.42 Å². The van der Waals surface area contributed by atoms with Crippen molar-refractivity contribution in [3.05, 3.63) is 65.7 Å². The van der Waals surface area contributed by atoms with E-state index in [1.807, 2.05) is 13.8 Å². The first-order valence-electron chi connectivity index (χ1n) is 8.56. The van der Waals surface area contributed by atoms with Crippen LogP contribution in [0.25, 0.3) is 11.5 Å². The predicted molar refractivity (Wildman–Crippen MR) is 97.0 cm³/mol. The minimum atomic E-state index is -0.418. The van der Waals surface area contributed by atoms with Crippen molar-refractivity contribution in [3.63, 3.8) is 0 Å². The molecule has 5 nitrogen and oxygen atoms in total. The largest absolute Gasteiger partial charge is 0.403 e. The van der Waals surface area contributed by atoms with Crippen molar-refractivity contribution in [1.29, 1.82) is 0 Å². The van der Waals surface area contributed by atoms with Gasteiger partial charge >= 0.3 is 6.01 Å². The van der Waals surface area contributed by atoms with Gasteiger partial charge in [0.15, 0.2) is 0 Å². The summed E-state index contributed by atoms with van der Waals surface area (Å²) < 4.78 is 32.1. The molecular weight excluding hydrogens is 352 g/mol. The van der Waals surface area contributed by atoms with Gasteiger partial charge < -0.3 is 4.42 Å². The first-order valence-corrected chi connectivity index (χ1v) is 8.56. The van der Waals surface area contributed by atoms with Crippen molar-refractivity contribution in [2.45, 2.75) is 20.3 Å². The molecule has 0 radical (unpaired) electrons. The molecule has 3 aromatic rings. The van der Waals surface area contributed by atoms with Gasteiger partial charge in [0.1, 0.15) is 11.6 Å². The number of hydrogen-bond acceptors (Lipinski definition) is 4. The van der Waals surface area contributed by atoms with E-state index in [4.69, 9.17) is 4.42 Å². The molecular formula is C20H19F2N3O2. The number of benzene rings is 2. The van der Waals surface area contributed by atoms with E-state index >= 15 is 0 Å². The molecule has 0 aliphatic carbocycles. The lowest BCUT2D eigenvalue weighted by molar-refractivity contribution is -0.118. The maximum Gasteiger partial charge on any atom is 0.325 e. The van der Waals surface area contributed by atoms with E-state index in [0.29, 0.717) is 17.7 Å². The number of aromatic nitrogens is 2. The minimum Gasteiger partial charge on any atom is -0.403 e. The van der Waals surface area contributed by atoms with Crippen LogP contribution in [0.2, 0.25) is 0 Å². The number of carbonyl (C=O) groups excluding carboxylic acids is 1. The molecule has 1 aromatic heterocycles. The Balaban J connectivity index is 1.84. The van der Waals surface area contributed by atoms with E-state index in [-0.39, 0.29) is 36.0 Å². The summed E-state index contributed by atoms with van der Waals surface area (Å²) in [5.74, 6) is -0.732. The summed E-state index contributed by atoms with van der Waals surface area (Å²) in [7, 11) is 0. The smallest absolute Gasteiger partial charge is 0.325 e. The van der Waals surface area contributed by atoms with Crippen molar-refractivity contribution >= 4 is 11.9 Å². The third-order valence-corrected chi connectivity index (χ3v) is 3.83. The lowest BCUT2D eigenvalue weighted by Crippen LogP contribution is -2.35. The monoisotopic (exact) mass is 371 g/mol. The molecule has 3 rings (SSSR count). The van der Waals surface area contributed by atoms with Crippen molar-refractivity contribution in [3.8, 4) is 11.5 Å². The summed E-state index contributed by atoms with van der Waals surface area (Å²) >= 11 is 0. The molecule has 0 bridgehead atoms. The summed E-state index contributed by atoms with van der Waals surface area (Å²) in [5.41, 5.74) is 1.12. The number of carbonyl (C=O) groups is 1. The molecule has 0 fully saturated rings. The molecule has 2 aromatic carbocycles. The Labute approximate surface area is 155 Å². The third kappa shape index (κ3) is 4.75. The zero-order valence-electron chi connectivity index (χ0n) is 15.0. The SMILES string of the molecule is CC(C)CN(C(=O)Cc1ccc(F)cc1)c1nnc(-c2cccc(F)c2)o1. The molecule has 0 N–H and O–H groups in total. The molecule has 0 aliphatic heterocycles. The second kappa shape index (κ2) is 8.07. The second-order valence-electron chi connectivity index (χ2n) is 6.60. The fourth-order valence-electron chi connectivity index (χ4n) is 2.59. The van der Waals surface area contributed by atoms with Crippen LogP contribution in [0.3, 0.4) is 0 Å². The van der Waals surface area contributed by atoms with Gasteiger partial charge in [0, 0.05) is 12.1 Å². The van der Waals surface area contributed by atoms with Crippen LogP contribution in [-0.4, -0.2) is 22.6 Å². The van der Waals surface area contributed by atoms with Crippen molar-refractivity contribution in [1.82, 2.24) is 10.2 Å². The van der Waals surface area contributed by atoms with E-state index in [1.165, 1.54) is 29.2 Å². The van der Waals surface area contributed by atoms with E-state index < -0.39 is 5.82 Å². The molecule has 0 unspecified atom stereocenters. The van der Waals surface area contributed by atoms with Crippen molar-refractivity contribution in [2.24, 2.45) is 5.92 Å². The van der Waals surface area contributed by atoms with Crippen LogP contribution in [0.15, 0.2) is 52.9 Å². The molecule has 27 heavy (non-hydrogen) atoms. The van der Waals surface area contributed by atoms with Crippen molar-refractivity contribution in [2.75, 3.05) is 11.4 Å². The number of halogens is 2. The molecule has 7 heteroatoms. The standard InChI is InChI=1S/C20H19F2N3O2/c1-13(2)12-25(18(26)10-14-6-8-16(21)9-7-14)20-24-23-19(27-20)15-4-3-5-17(22)11-15/h3-9,11,13H,10,12H2,1-2H3. The fraction of sp³-hybridized carbons (Fsp3) is 0.250. The number of rotatable bonds is 6. The number of hydrogen-bond donors (Lipinski definition) is 0. The highest BCUT2D eigenvalue weighted by Crippen LogP contribution is 2.23. The van der Waals surface area contributed by atoms with Crippen LogP contribution < -0.4 is 4.90 Å². The van der Waals surface area contributed by atoms with E-state index in [9.17, 15) is 13.6 Å². The molecule has 0 aliphatic rings. The highest BCUT2D eigenvalue weighted by molar-refractivity contribution is 5.92. The third-order valence-electron chi connectivity index (χ3n) is 3.83. The van der Waals surface area contributed by atoms with Gasteiger partial charge in [-0.3, -0.25) is 9.69 Å². The number of amides is 1. The highest BCUT2D eigenvalue weighted by Gasteiger charge is 2.23. The zero-order chi connectivity index (χ0) is 19.4. The average Bonchev–Trinajstić information content (AvgIpc) is 3.11. The van der Waals surface area contributed by atoms with Crippen LogP contribution in [-0.2, 0) is 11.2 Å². The Morgan fingerprint density at radius 2 is 1.81 bits per heavy atom. The van der Waals surface area contributed by atoms with Crippen LogP contribution in [0.4, 0.5) is 14.8 Å². The fourth-order valence-corrected chi connectivity index (χ4v) is 2.59. The van der Waals surface area contributed by atoms with Gasteiger partial charge in [-0.25, -0.2) is 8.78 Å². The van der Waals surface area contributed by atoms with Crippen molar-refractivity contribution < 1.29 is 18.0 Å². The van der Waals surface area contributed by atoms with Gasteiger partial charge in [0.25, 0.3) is 0 Å². The predicted octanol–water partition coefficient (Wildman–Crippen LogP) is 4.25. The summed E-state index contributed by atoms with van der Waals surface area (Å²) in [4.78, 5) is 14.2. The Morgan fingerprint density at radius 3 is 2.48 bits per heavy atom. The molecule has 0 spiro atoms. The molecule has 0 saturated heterocycles. The second-order valence-corrected chi connectivity index (χ2v) is 6.60. The Hall–Kier alpha value is -3.09. The lowest BCUT2D eigenvalue weighted by Gasteiger charge is -2.20. The quantitative estimate of drug-likeness (QED) is 0.650. The molecule has 0 saturated carbocycles. The topological polar surface area (TPSA) is 59.2 Å². The molecule has 1 heterocycles. The maximum atomic E-state index is 13.4. The van der Waals surface area contributed by atoms with Crippen LogP contribution in [0.1, 0.15) is 19.4 Å². The van der Waals surface area contributed by atoms with E-state index in [1.54, 1.807) is 24.3 Å². The summed E-state index contributed by atoms with van der Waals surface area (Å²) in [5, 5.41) is 7.89. The average molecular weight is 371 g/mol. The van der Waals surface area contributed by atoms with Gasteiger partial charge in [-0.05, 0) is 41.8 Å². The van der Waals surface area contributed by atoms with Gasteiger partial charge in [-0.1, -0.05) is 37.1 Å². The summed E-state index contributed by atoms with van der Waals surface area (Å²) in [6.45, 7) is 4.30. The van der Waals surface area contributed by atoms with Crippen LogP contribution >= 0.6 is 0 Å². The lowest BCUT2D eigenvalue weighted by atomic mass is 10.1. The normalized spacial score (nSPS) is 11.0. The highest BCUT2D eigenvalue weighted by atomic mass is 19.1. The molecule has 1 amide bonds. The Morgan fingerprint density at radius 1 is 1.07 bits per heavy atom. The van der Waals surface area contributed by atoms with E-state index in [0.717, 1.165) is 0 Å². The molecule has 0 atom stereocenters. The summed E-state index contributed by atoms with van der Waals surface area (Å²) in [6.07, 6.45) is 0.0741. The summed E-state index contributed by atoms with van der Waals surface area (Å²) in [6, 6.07) is 11.6. The van der Waals surface area contributed by atoms with Gasteiger partial charge in [-0.2, -0.15) is 0 Å². The Kier molecular flexibility index (Phi) is 5.59. The number of nitrogens with zero attached hydrogens (tertiary/aromatic N) is 3. The van der Waals surface area contributed by atoms with Gasteiger partial charge in [0.2, 0.25) is 11.8 Å². The van der Waals surface area contributed by atoms with Gasteiger partial charge in [-0.15, -0.1) is 5.10 Å². The first-order chi connectivity index (χ1) is 12.9. The zero-order valence-corrected chi connectivity index (χ0v) is 15.0. The van der Waals surface area contributed by atoms with Crippen LogP contribution in [0, 0.1) is 17.6 Å². The van der Waals surface area contributed by atoms with E-state index in [2.05, 4.69) is 10.2 Å².